The van der Waals surface area contributed by atoms with Gasteiger partial charge in [-0.25, -0.2) is 0 Å². The van der Waals surface area contributed by atoms with Gasteiger partial charge in [0.15, 0.2) is 0 Å². The molecule has 0 unspecified atom stereocenters. The number of phenolic OH excluding ortho intramolecular Hbond substituents is 1. The maximum Gasteiger partial charge on any atom is 0.124 e. The van der Waals surface area contributed by atoms with Crippen molar-refractivity contribution >= 4 is 5.71 Å². The molecule has 0 aromatic heterocycles. The maximum absolute atomic E-state index is 10.0. The molecule has 2 heteroatoms. The van der Waals surface area contributed by atoms with E-state index in [0.717, 1.165) is 36.2 Å². The van der Waals surface area contributed by atoms with Crippen LogP contribution in [0.15, 0.2) is 59.6 Å². The fourth-order valence-corrected chi connectivity index (χ4v) is 1.95. The zero-order valence-corrected chi connectivity index (χ0v) is 11.2. The Morgan fingerprint density at radius 3 is 2.37 bits per heavy atom. The van der Waals surface area contributed by atoms with Gasteiger partial charge in [-0.15, -0.1) is 0 Å². The summed E-state index contributed by atoms with van der Waals surface area (Å²) < 4.78 is 0. The van der Waals surface area contributed by atoms with Crippen LogP contribution < -0.4 is 0 Å². The smallest absolute Gasteiger partial charge is 0.124 e. The quantitative estimate of drug-likeness (QED) is 0.633. The summed E-state index contributed by atoms with van der Waals surface area (Å²) in [7, 11) is 0. The van der Waals surface area contributed by atoms with E-state index in [1.165, 1.54) is 0 Å². The molecule has 0 bridgehead atoms. The summed E-state index contributed by atoms with van der Waals surface area (Å²) in [5, 5.41) is 10.0. The molecule has 0 spiro atoms. The Kier molecular flexibility index (Phi) is 4.73. The van der Waals surface area contributed by atoms with Gasteiger partial charge >= 0.3 is 0 Å². The summed E-state index contributed by atoms with van der Waals surface area (Å²) >= 11 is 0. The van der Waals surface area contributed by atoms with Gasteiger partial charge in [0.1, 0.15) is 5.75 Å². The Labute approximate surface area is 114 Å². The standard InChI is InChI=1S/C17H19NO/c1-2-3-13-18-17(14-9-5-4-6-10-14)15-11-7-8-12-16(15)19/h4-12,19H,2-3,13H2,1H3. The summed E-state index contributed by atoms with van der Waals surface area (Å²) in [6, 6.07) is 17.4. The van der Waals surface area contributed by atoms with Gasteiger partial charge < -0.3 is 5.11 Å². The van der Waals surface area contributed by atoms with Crippen LogP contribution in [0.2, 0.25) is 0 Å². The fourth-order valence-electron chi connectivity index (χ4n) is 1.95. The van der Waals surface area contributed by atoms with Crippen LogP contribution in [-0.2, 0) is 0 Å². The molecule has 2 aromatic carbocycles. The average molecular weight is 253 g/mol. The van der Waals surface area contributed by atoms with Crippen LogP contribution in [0.5, 0.6) is 5.75 Å². The molecule has 2 nitrogen and oxygen atoms in total. The van der Waals surface area contributed by atoms with Gasteiger partial charge in [0.2, 0.25) is 0 Å². The number of aromatic hydroxyl groups is 1. The van der Waals surface area contributed by atoms with E-state index in [9.17, 15) is 5.11 Å². The van der Waals surface area contributed by atoms with Crippen molar-refractivity contribution in [2.24, 2.45) is 4.99 Å². The van der Waals surface area contributed by atoms with Crippen LogP contribution in [0.4, 0.5) is 0 Å². The summed E-state index contributed by atoms with van der Waals surface area (Å²) in [4.78, 5) is 4.67. The molecule has 19 heavy (non-hydrogen) atoms. The van der Waals surface area contributed by atoms with Crippen LogP contribution in [-0.4, -0.2) is 17.4 Å². The van der Waals surface area contributed by atoms with Gasteiger partial charge in [0.05, 0.1) is 5.71 Å². The van der Waals surface area contributed by atoms with Crippen LogP contribution in [0.1, 0.15) is 30.9 Å². The lowest BCUT2D eigenvalue weighted by Gasteiger charge is -2.09. The minimum atomic E-state index is 0.279. The summed E-state index contributed by atoms with van der Waals surface area (Å²) in [5.74, 6) is 0.279. The number of aliphatic imine (C=N–C) groups is 1. The first-order valence-electron chi connectivity index (χ1n) is 6.71. The molecule has 0 heterocycles. The van der Waals surface area contributed by atoms with Gasteiger partial charge in [-0.2, -0.15) is 0 Å². The van der Waals surface area contributed by atoms with Crippen LogP contribution in [0.25, 0.3) is 0 Å². The largest absolute Gasteiger partial charge is 0.507 e. The van der Waals surface area contributed by atoms with Crippen molar-refractivity contribution in [1.82, 2.24) is 0 Å². The number of benzene rings is 2. The van der Waals surface area contributed by atoms with E-state index >= 15 is 0 Å². The minimum absolute atomic E-state index is 0.279. The normalized spacial score (nSPS) is 11.5. The zero-order valence-electron chi connectivity index (χ0n) is 11.2. The summed E-state index contributed by atoms with van der Waals surface area (Å²) in [6.07, 6.45) is 2.18. The molecule has 0 amide bonds. The predicted octanol–water partition coefficient (Wildman–Crippen LogP) is 4.03. The third-order valence-electron chi connectivity index (χ3n) is 2.99. The molecule has 2 aromatic rings. The van der Waals surface area contributed by atoms with E-state index in [4.69, 9.17) is 0 Å². The Bertz CT molecular complexity index is 546. The molecule has 0 saturated heterocycles. The molecule has 0 radical (unpaired) electrons. The van der Waals surface area contributed by atoms with Gasteiger partial charge in [-0.1, -0.05) is 55.8 Å². The molecular weight excluding hydrogens is 234 g/mol. The molecule has 2 rings (SSSR count). The second kappa shape index (κ2) is 6.74. The van der Waals surface area contributed by atoms with Crippen LogP contribution >= 0.6 is 0 Å². The van der Waals surface area contributed by atoms with Crippen LogP contribution in [0, 0.1) is 0 Å². The van der Waals surface area contributed by atoms with E-state index in [2.05, 4.69) is 11.9 Å². The molecule has 98 valence electrons. The van der Waals surface area contributed by atoms with Crippen molar-refractivity contribution < 1.29 is 5.11 Å². The first-order valence-corrected chi connectivity index (χ1v) is 6.71. The van der Waals surface area contributed by atoms with Crippen molar-refractivity contribution in [3.05, 3.63) is 65.7 Å². The van der Waals surface area contributed by atoms with Crippen molar-refractivity contribution in [2.75, 3.05) is 6.54 Å². The van der Waals surface area contributed by atoms with Gasteiger partial charge in [0, 0.05) is 17.7 Å². The molecular formula is C17H19NO. The third-order valence-corrected chi connectivity index (χ3v) is 2.99. The molecule has 0 aliphatic carbocycles. The van der Waals surface area contributed by atoms with E-state index in [0.29, 0.717) is 0 Å². The predicted molar refractivity (Wildman–Crippen MR) is 80.0 cm³/mol. The highest BCUT2D eigenvalue weighted by atomic mass is 16.3. The average Bonchev–Trinajstić information content (AvgIpc) is 2.46. The number of nitrogens with zero attached hydrogens (tertiary/aromatic N) is 1. The lowest BCUT2D eigenvalue weighted by atomic mass is 10.0. The van der Waals surface area contributed by atoms with E-state index in [1.807, 2.05) is 48.5 Å². The zero-order chi connectivity index (χ0) is 13.5. The highest BCUT2D eigenvalue weighted by Gasteiger charge is 2.10. The molecule has 0 aliphatic rings. The third kappa shape index (κ3) is 3.44. The number of hydrogen-bond donors (Lipinski definition) is 1. The van der Waals surface area contributed by atoms with Gasteiger partial charge in [0.25, 0.3) is 0 Å². The van der Waals surface area contributed by atoms with Crippen LogP contribution in [0.3, 0.4) is 0 Å². The second-order valence-electron chi connectivity index (χ2n) is 4.47. The maximum atomic E-state index is 10.0. The Morgan fingerprint density at radius 2 is 1.68 bits per heavy atom. The number of phenols is 1. The molecule has 0 saturated carbocycles. The Morgan fingerprint density at radius 1 is 1.00 bits per heavy atom. The molecule has 1 N–H and O–H groups in total. The number of hydrogen-bond acceptors (Lipinski definition) is 2. The van der Waals surface area contributed by atoms with Gasteiger partial charge in [-0.05, 0) is 18.6 Å². The van der Waals surface area contributed by atoms with Crippen molar-refractivity contribution in [3.63, 3.8) is 0 Å². The summed E-state index contributed by atoms with van der Waals surface area (Å²) in [6.45, 7) is 2.94. The Balaban J connectivity index is 2.41. The topological polar surface area (TPSA) is 32.6 Å². The molecule has 0 aliphatic heterocycles. The number of rotatable bonds is 5. The molecule has 0 fully saturated rings. The van der Waals surface area contributed by atoms with Crippen molar-refractivity contribution in [3.8, 4) is 5.75 Å². The van der Waals surface area contributed by atoms with Gasteiger partial charge in [-0.3, -0.25) is 4.99 Å². The lowest BCUT2D eigenvalue weighted by Crippen LogP contribution is -2.04. The highest BCUT2D eigenvalue weighted by molar-refractivity contribution is 6.14. The SMILES string of the molecule is CCCCN=C(c1ccccc1)c1ccccc1O. The lowest BCUT2D eigenvalue weighted by molar-refractivity contribution is 0.474. The van der Waals surface area contributed by atoms with Crippen molar-refractivity contribution in [2.45, 2.75) is 19.8 Å². The number of para-hydroxylation sites is 1. The monoisotopic (exact) mass is 253 g/mol. The Hall–Kier alpha value is -2.09. The molecule has 0 atom stereocenters. The fraction of sp³-hybridized carbons (Fsp3) is 0.235. The number of unbranched alkanes of at least 4 members (excludes halogenated alkanes) is 1. The van der Waals surface area contributed by atoms with E-state index in [-0.39, 0.29) is 5.75 Å². The minimum Gasteiger partial charge on any atom is -0.507 e. The summed E-state index contributed by atoms with van der Waals surface area (Å²) in [5.41, 5.74) is 2.71. The van der Waals surface area contributed by atoms with Crippen molar-refractivity contribution in [1.29, 1.82) is 0 Å². The second-order valence-corrected chi connectivity index (χ2v) is 4.47. The van der Waals surface area contributed by atoms with E-state index in [1.54, 1.807) is 6.07 Å². The van der Waals surface area contributed by atoms with E-state index < -0.39 is 0 Å². The first-order chi connectivity index (χ1) is 9.33. The highest BCUT2D eigenvalue weighted by Crippen LogP contribution is 2.20. The first kappa shape index (κ1) is 13.3.